The van der Waals surface area contributed by atoms with Crippen LogP contribution in [-0.4, -0.2) is 50.1 Å². The van der Waals surface area contributed by atoms with Gasteiger partial charge in [0.1, 0.15) is 0 Å². The molecule has 6 nitrogen and oxygen atoms in total. The fraction of sp³-hybridized carbons (Fsp3) is 0.923. The third-order valence-electron chi connectivity index (χ3n) is 6.43. The Morgan fingerprint density at radius 1 is 0.912 bits per heavy atom. The first-order chi connectivity index (χ1) is 16.2. The van der Waals surface area contributed by atoms with Gasteiger partial charge in [0.2, 0.25) is 0 Å². The molecule has 0 spiro atoms. The number of ether oxygens (including phenoxy) is 4. The van der Waals surface area contributed by atoms with Crippen LogP contribution < -0.4 is 0 Å². The summed E-state index contributed by atoms with van der Waals surface area (Å²) >= 11 is 0. The Morgan fingerprint density at radius 3 is 2.21 bits per heavy atom. The first-order valence-corrected chi connectivity index (χ1v) is 13.1. The number of hydrogen-bond acceptors (Lipinski definition) is 6. The number of unbranched alkanes of at least 4 members (excludes halogenated alkanes) is 2. The SMILES string of the molecule is CCCCC(F)(F)C(CC[C@@H](CCC)[C@@H](CCCCC1OCCCO1)COC(C)=O)OC(C)=O. The number of rotatable bonds is 18. The van der Waals surface area contributed by atoms with Crippen LogP contribution in [0.2, 0.25) is 0 Å². The van der Waals surface area contributed by atoms with E-state index in [1.165, 1.54) is 13.8 Å². The molecule has 0 N–H and O–H groups in total. The minimum atomic E-state index is -3.05. The maximum absolute atomic E-state index is 14.8. The topological polar surface area (TPSA) is 71.1 Å². The summed E-state index contributed by atoms with van der Waals surface area (Å²) in [6, 6.07) is 0. The van der Waals surface area contributed by atoms with Crippen LogP contribution in [0.4, 0.5) is 8.78 Å². The fourth-order valence-corrected chi connectivity index (χ4v) is 4.58. The van der Waals surface area contributed by atoms with Gasteiger partial charge in [-0.2, -0.15) is 0 Å². The van der Waals surface area contributed by atoms with Gasteiger partial charge in [0.05, 0.1) is 19.8 Å². The van der Waals surface area contributed by atoms with Crippen molar-refractivity contribution in [3.8, 4) is 0 Å². The van der Waals surface area contributed by atoms with Gasteiger partial charge in [-0.05, 0) is 56.8 Å². The molecule has 200 valence electrons. The van der Waals surface area contributed by atoms with Crippen LogP contribution in [0.3, 0.4) is 0 Å². The first kappa shape index (κ1) is 30.8. The van der Waals surface area contributed by atoms with E-state index in [1.54, 1.807) is 0 Å². The molecular formula is C26H46F2O6. The van der Waals surface area contributed by atoms with Crippen LogP contribution in [0.25, 0.3) is 0 Å². The predicted octanol–water partition coefficient (Wildman–Crippen LogP) is 6.44. The molecule has 3 atom stereocenters. The Hall–Kier alpha value is -1.28. The highest BCUT2D eigenvalue weighted by molar-refractivity contribution is 5.66. The minimum Gasteiger partial charge on any atom is -0.466 e. The number of alkyl halides is 2. The zero-order valence-corrected chi connectivity index (χ0v) is 21.6. The maximum Gasteiger partial charge on any atom is 0.303 e. The zero-order valence-electron chi connectivity index (χ0n) is 21.6. The van der Waals surface area contributed by atoms with E-state index in [2.05, 4.69) is 6.92 Å². The summed E-state index contributed by atoms with van der Waals surface area (Å²) in [5, 5.41) is 0. The summed E-state index contributed by atoms with van der Waals surface area (Å²) in [5.74, 6) is -3.90. The van der Waals surface area contributed by atoms with E-state index in [-0.39, 0.29) is 43.5 Å². The van der Waals surface area contributed by atoms with Crippen molar-refractivity contribution in [2.45, 2.75) is 123 Å². The molecule has 0 radical (unpaired) electrons. The molecule has 1 rings (SSSR count). The third kappa shape index (κ3) is 13.0. The van der Waals surface area contributed by atoms with Crippen LogP contribution in [0, 0.1) is 11.8 Å². The molecule has 1 fully saturated rings. The van der Waals surface area contributed by atoms with Crippen molar-refractivity contribution in [3.05, 3.63) is 0 Å². The van der Waals surface area contributed by atoms with E-state index in [1.807, 2.05) is 6.92 Å². The van der Waals surface area contributed by atoms with Crippen LogP contribution in [0.1, 0.15) is 105 Å². The maximum atomic E-state index is 14.8. The second-order valence-electron chi connectivity index (χ2n) is 9.46. The minimum absolute atomic E-state index is 0.0688. The summed E-state index contributed by atoms with van der Waals surface area (Å²) in [6.45, 7) is 8.22. The van der Waals surface area contributed by atoms with E-state index in [0.29, 0.717) is 19.3 Å². The highest BCUT2D eigenvalue weighted by atomic mass is 19.3. The molecule has 0 aromatic carbocycles. The van der Waals surface area contributed by atoms with Gasteiger partial charge in [-0.15, -0.1) is 0 Å². The number of halogens is 2. The molecule has 1 aliphatic rings. The van der Waals surface area contributed by atoms with Gasteiger partial charge >= 0.3 is 11.9 Å². The van der Waals surface area contributed by atoms with Crippen LogP contribution in [-0.2, 0) is 28.5 Å². The molecule has 0 aliphatic carbocycles. The lowest BCUT2D eigenvalue weighted by atomic mass is 9.81. The van der Waals surface area contributed by atoms with Gasteiger partial charge in [-0.3, -0.25) is 9.59 Å². The number of carbonyl (C=O) groups is 2. The number of esters is 2. The molecule has 0 amide bonds. The van der Waals surface area contributed by atoms with E-state index >= 15 is 0 Å². The van der Waals surface area contributed by atoms with Gasteiger partial charge in [-0.1, -0.05) is 39.5 Å². The second-order valence-corrected chi connectivity index (χ2v) is 9.46. The molecule has 34 heavy (non-hydrogen) atoms. The van der Waals surface area contributed by atoms with Crippen LogP contribution >= 0.6 is 0 Å². The smallest absolute Gasteiger partial charge is 0.303 e. The summed E-state index contributed by atoms with van der Waals surface area (Å²) < 4.78 is 51.2. The largest absolute Gasteiger partial charge is 0.466 e. The van der Waals surface area contributed by atoms with E-state index in [0.717, 1.165) is 58.2 Å². The van der Waals surface area contributed by atoms with Crippen molar-refractivity contribution in [3.63, 3.8) is 0 Å². The van der Waals surface area contributed by atoms with Crippen LogP contribution in [0.15, 0.2) is 0 Å². The zero-order chi connectivity index (χ0) is 25.4. The van der Waals surface area contributed by atoms with Gasteiger partial charge in [0.15, 0.2) is 12.4 Å². The predicted molar refractivity (Wildman–Crippen MR) is 127 cm³/mol. The first-order valence-electron chi connectivity index (χ1n) is 13.1. The molecule has 1 heterocycles. The molecule has 1 saturated heterocycles. The van der Waals surface area contributed by atoms with Crippen molar-refractivity contribution < 1.29 is 37.3 Å². The normalized spacial score (nSPS) is 17.7. The van der Waals surface area contributed by atoms with E-state index < -0.39 is 18.0 Å². The lowest BCUT2D eigenvalue weighted by molar-refractivity contribution is -0.181. The van der Waals surface area contributed by atoms with Crippen molar-refractivity contribution in [1.29, 1.82) is 0 Å². The molecule has 0 bridgehead atoms. The van der Waals surface area contributed by atoms with Gasteiger partial charge in [0.25, 0.3) is 5.92 Å². The Balaban J connectivity index is 2.75. The van der Waals surface area contributed by atoms with Gasteiger partial charge < -0.3 is 18.9 Å². The molecule has 1 unspecified atom stereocenters. The summed E-state index contributed by atoms with van der Waals surface area (Å²) in [6.07, 6.45) is 5.90. The summed E-state index contributed by atoms with van der Waals surface area (Å²) in [4.78, 5) is 23.0. The van der Waals surface area contributed by atoms with Crippen LogP contribution in [0.5, 0.6) is 0 Å². The lowest BCUT2D eigenvalue weighted by Gasteiger charge is -2.31. The molecule has 0 saturated carbocycles. The standard InChI is InChI=1S/C26H46F2O6/c1-5-7-16-26(27,28)24(34-21(4)30)15-14-22(11-6-2)23(19-33-20(3)29)12-8-9-13-25-31-17-10-18-32-25/h22-25H,5-19H2,1-4H3/t22-,23+,24?/m1/s1. The van der Waals surface area contributed by atoms with Crippen molar-refractivity contribution in [1.82, 2.24) is 0 Å². The van der Waals surface area contributed by atoms with Gasteiger partial charge in [0, 0.05) is 20.3 Å². The van der Waals surface area contributed by atoms with Crippen molar-refractivity contribution >= 4 is 11.9 Å². The molecular weight excluding hydrogens is 446 g/mol. The van der Waals surface area contributed by atoms with Crippen molar-refractivity contribution in [2.75, 3.05) is 19.8 Å². The molecule has 1 aliphatic heterocycles. The average molecular weight is 493 g/mol. The summed E-state index contributed by atoms with van der Waals surface area (Å²) in [5.41, 5.74) is 0. The highest BCUT2D eigenvalue weighted by Crippen LogP contribution is 2.35. The number of carbonyl (C=O) groups excluding carboxylic acids is 2. The molecule has 0 aromatic rings. The average Bonchev–Trinajstić information content (AvgIpc) is 2.79. The van der Waals surface area contributed by atoms with Crippen molar-refractivity contribution in [2.24, 2.45) is 11.8 Å². The summed E-state index contributed by atoms with van der Waals surface area (Å²) in [7, 11) is 0. The number of hydrogen-bond donors (Lipinski definition) is 0. The Bertz CT molecular complexity index is 565. The Kier molecular flexibility index (Phi) is 15.6. The second kappa shape index (κ2) is 17.2. The monoisotopic (exact) mass is 492 g/mol. The third-order valence-corrected chi connectivity index (χ3v) is 6.43. The van der Waals surface area contributed by atoms with E-state index in [9.17, 15) is 18.4 Å². The lowest BCUT2D eigenvalue weighted by Crippen LogP contribution is -2.38. The Morgan fingerprint density at radius 2 is 1.62 bits per heavy atom. The molecule has 8 heteroatoms. The molecule has 0 aromatic heterocycles. The van der Waals surface area contributed by atoms with Gasteiger partial charge in [-0.25, -0.2) is 8.78 Å². The quantitative estimate of drug-likeness (QED) is 0.162. The van der Waals surface area contributed by atoms with E-state index in [4.69, 9.17) is 18.9 Å². The highest BCUT2D eigenvalue weighted by Gasteiger charge is 2.41. The Labute approximate surface area is 204 Å². The fourth-order valence-electron chi connectivity index (χ4n) is 4.58.